The summed E-state index contributed by atoms with van der Waals surface area (Å²) in [6.07, 6.45) is 1.25. The molecule has 112 valence electrons. The smallest absolute Gasteiger partial charge is 0.123 e. The molecular weight excluding hydrogens is 316 g/mol. The number of nitrogens with zero attached hydrogens (tertiary/aromatic N) is 1. The molecular formula is C16H25BrN2O. The van der Waals surface area contributed by atoms with Gasteiger partial charge in [0.05, 0.1) is 0 Å². The van der Waals surface area contributed by atoms with Crippen LogP contribution in [0.2, 0.25) is 0 Å². The van der Waals surface area contributed by atoms with E-state index in [0.717, 1.165) is 29.7 Å². The Morgan fingerprint density at radius 1 is 1.40 bits per heavy atom. The van der Waals surface area contributed by atoms with E-state index in [2.05, 4.69) is 66.2 Å². The molecule has 3 nitrogen and oxygen atoms in total. The summed E-state index contributed by atoms with van der Waals surface area (Å²) < 4.78 is 7.13. The summed E-state index contributed by atoms with van der Waals surface area (Å²) in [6.45, 7) is 6.50. The zero-order chi connectivity index (χ0) is 14.7. The summed E-state index contributed by atoms with van der Waals surface area (Å²) >= 11 is 3.52. The van der Waals surface area contributed by atoms with Crippen LogP contribution < -0.4 is 10.1 Å². The van der Waals surface area contributed by atoms with Crippen molar-refractivity contribution in [3.63, 3.8) is 0 Å². The summed E-state index contributed by atoms with van der Waals surface area (Å²) in [5.74, 6) is 1.66. The number of rotatable bonds is 6. The lowest BCUT2D eigenvalue weighted by Crippen LogP contribution is -2.45. The van der Waals surface area contributed by atoms with Crippen molar-refractivity contribution in [2.75, 3.05) is 27.2 Å². The quantitative estimate of drug-likeness (QED) is 0.861. The fourth-order valence-electron chi connectivity index (χ4n) is 2.59. The average molecular weight is 341 g/mol. The first-order valence-electron chi connectivity index (χ1n) is 7.29. The normalized spacial score (nSPS) is 19.2. The molecule has 1 N–H and O–H groups in total. The zero-order valence-corrected chi connectivity index (χ0v) is 14.4. The van der Waals surface area contributed by atoms with Gasteiger partial charge in [-0.2, -0.15) is 0 Å². The maximum Gasteiger partial charge on any atom is 0.123 e. The highest BCUT2D eigenvalue weighted by Gasteiger charge is 2.24. The van der Waals surface area contributed by atoms with Crippen molar-refractivity contribution in [3.8, 4) is 5.75 Å². The van der Waals surface area contributed by atoms with Gasteiger partial charge in [-0.3, -0.25) is 0 Å². The number of ether oxygens (including phenoxy) is 1. The molecule has 0 radical (unpaired) electrons. The number of benzene rings is 1. The number of nitrogens with one attached hydrogen (secondary N) is 1. The Morgan fingerprint density at radius 3 is 2.80 bits per heavy atom. The van der Waals surface area contributed by atoms with Gasteiger partial charge in [0.2, 0.25) is 0 Å². The molecule has 1 aromatic carbocycles. The molecule has 20 heavy (non-hydrogen) atoms. The van der Waals surface area contributed by atoms with E-state index in [0.29, 0.717) is 12.0 Å². The first-order chi connectivity index (χ1) is 9.45. The molecule has 0 saturated carbocycles. The van der Waals surface area contributed by atoms with Gasteiger partial charge in [0, 0.05) is 30.0 Å². The molecule has 2 atom stereocenters. The summed E-state index contributed by atoms with van der Waals surface area (Å²) in [4.78, 5) is 2.24. The lowest BCUT2D eigenvalue weighted by Gasteiger charge is -2.27. The van der Waals surface area contributed by atoms with E-state index in [1.165, 1.54) is 5.56 Å². The lowest BCUT2D eigenvalue weighted by atomic mass is 10.0. The second-order valence-electron chi connectivity index (χ2n) is 6.22. The van der Waals surface area contributed by atoms with Gasteiger partial charge < -0.3 is 15.0 Å². The summed E-state index contributed by atoms with van der Waals surface area (Å²) in [5.41, 5.74) is 1.31. The second-order valence-corrected chi connectivity index (χ2v) is 7.13. The summed E-state index contributed by atoms with van der Waals surface area (Å²) in [6, 6.07) is 6.76. The number of likely N-dealkylation sites (N-methyl/N-ethyl adjacent to an activating group) is 1. The molecule has 1 aliphatic heterocycles. The van der Waals surface area contributed by atoms with Crippen LogP contribution in [0.25, 0.3) is 0 Å². The average Bonchev–Trinajstić information content (AvgIpc) is 2.75. The number of hydrogen-bond donors (Lipinski definition) is 1. The number of hydrogen-bond acceptors (Lipinski definition) is 3. The molecule has 2 unspecified atom stereocenters. The maximum absolute atomic E-state index is 6.00. The maximum atomic E-state index is 6.00. The summed E-state index contributed by atoms with van der Waals surface area (Å²) in [7, 11) is 4.24. The van der Waals surface area contributed by atoms with Crippen LogP contribution in [0.15, 0.2) is 22.7 Å². The molecule has 2 rings (SSSR count). The third-order valence-corrected chi connectivity index (χ3v) is 4.23. The Kier molecular flexibility index (Phi) is 5.47. The first-order valence-corrected chi connectivity index (χ1v) is 8.08. The van der Waals surface area contributed by atoms with Gasteiger partial charge in [-0.25, -0.2) is 0 Å². The van der Waals surface area contributed by atoms with Crippen LogP contribution >= 0.6 is 15.9 Å². The van der Waals surface area contributed by atoms with E-state index in [1.807, 2.05) is 6.07 Å². The van der Waals surface area contributed by atoms with Gasteiger partial charge in [0.1, 0.15) is 11.9 Å². The first kappa shape index (κ1) is 15.8. The lowest BCUT2D eigenvalue weighted by molar-refractivity contribution is 0.204. The molecule has 1 heterocycles. The van der Waals surface area contributed by atoms with Crippen molar-refractivity contribution in [2.45, 2.75) is 32.4 Å². The van der Waals surface area contributed by atoms with Crippen molar-refractivity contribution in [3.05, 3.63) is 28.2 Å². The van der Waals surface area contributed by atoms with E-state index in [4.69, 9.17) is 4.74 Å². The highest BCUT2D eigenvalue weighted by atomic mass is 79.9. The molecule has 0 aromatic heterocycles. The van der Waals surface area contributed by atoms with Crippen molar-refractivity contribution in [2.24, 2.45) is 5.92 Å². The summed E-state index contributed by atoms with van der Waals surface area (Å²) in [5, 5.41) is 3.66. The van der Waals surface area contributed by atoms with Crippen LogP contribution in [0.1, 0.15) is 19.4 Å². The fraction of sp³-hybridized carbons (Fsp3) is 0.625. The van der Waals surface area contributed by atoms with E-state index >= 15 is 0 Å². The SMILES string of the molecule is CC(C)C(CN(C)C)NCC1Cc2cc(Br)ccc2O1. The molecule has 0 bridgehead atoms. The molecule has 1 aliphatic rings. The van der Waals surface area contributed by atoms with Gasteiger partial charge >= 0.3 is 0 Å². The minimum absolute atomic E-state index is 0.253. The van der Waals surface area contributed by atoms with Gasteiger partial charge in [0.25, 0.3) is 0 Å². The Morgan fingerprint density at radius 2 is 2.15 bits per heavy atom. The van der Waals surface area contributed by atoms with Gasteiger partial charge in [0.15, 0.2) is 0 Å². The molecule has 0 fully saturated rings. The van der Waals surface area contributed by atoms with Crippen molar-refractivity contribution < 1.29 is 4.74 Å². The van der Waals surface area contributed by atoms with Crippen LogP contribution in [0.3, 0.4) is 0 Å². The molecule has 0 saturated heterocycles. The minimum atomic E-state index is 0.253. The van der Waals surface area contributed by atoms with E-state index in [1.54, 1.807) is 0 Å². The second kappa shape index (κ2) is 6.92. The van der Waals surface area contributed by atoms with E-state index in [-0.39, 0.29) is 6.10 Å². The molecule has 1 aromatic rings. The van der Waals surface area contributed by atoms with E-state index < -0.39 is 0 Å². The molecule has 0 aliphatic carbocycles. The molecule has 0 spiro atoms. The standard InChI is InChI=1S/C16H25BrN2O/c1-11(2)15(10-19(3)4)18-9-14-8-12-7-13(17)5-6-16(12)20-14/h5-7,11,14-15,18H,8-10H2,1-4H3. The number of halogens is 1. The topological polar surface area (TPSA) is 24.5 Å². The third kappa shape index (κ3) is 4.21. The largest absolute Gasteiger partial charge is 0.488 e. The van der Waals surface area contributed by atoms with Gasteiger partial charge in [-0.1, -0.05) is 29.8 Å². The Balaban J connectivity index is 1.86. The minimum Gasteiger partial charge on any atom is -0.488 e. The van der Waals surface area contributed by atoms with Crippen molar-refractivity contribution in [1.29, 1.82) is 0 Å². The molecule has 0 amide bonds. The van der Waals surface area contributed by atoms with Crippen LogP contribution in [-0.2, 0) is 6.42 Å². The Hall–Kier alpha value is -0.580. The number of fused-ring (bicyclic) bond motifs is 1. The van der Waals surface area contributed by atoms with E-state index in [9.17, 15) is 0 Å². The van der Waals surface area contributed by atoms with Gasteiger partial charge in [-0.05, 0) is 43.8 Å². The van der Waals surface area contributed by atoms with Crippen LogP contribution in [-0.4, -0.2) is 44.2 Å². The monoisotopic (exact) mass is 340 g/mol. The zero-order valence-electron chi connectivity index (χ0n) is 12.8. The highest BCUT2D eigenvalue weighted by molar-refractivity contribution is 9.10. The Bertz CT molecular complexity index is 448. The van der Waals surface area contributed by atoms with Gasteiger partial charge in [-0.15, -0.1) is 0 Å². The highest BCUT2D eigenvalue weighted by Crippen LogP contribution is 2.31. The third-order valence-electron chi connectivity index (χ3n) is 3.74. The predicted molar refractivity (Wildman–Crippen MR) is 87.4 cm³/mol. The van der Waals surface area contributed by atoms with Crippen LogP contribution in [0.4, 0.5) is 0 Å². The van der Waals surface area contributed by atoms with Crippen LogP contribution in [0.5, 0.6) is 5.75 Å². The van der Waals surface area contributed by atoms with Crippen molar-refractivity contribution >= 4 is 15.9 Å². The fourth-order valence-corrected chi connectivity index (χ4v) is 3.00. The predicted octanol–water partition coefficient (Wildman–Crippen LogP) is 2.93. The Labute approximate surface area is 130 Å². The molecule has 4 heteroatoms. The van der Waals surface area contributed by atoms with Crippen molar-refractivity contribution in [1.82, 2.24) is 10.2 Å². The van der Waals surface area contributed by atoms with Crippen LogP contribution in [0, 0.1) is 5.92 Å².